The van der Waals surface area contributed by atoms with E-state index in [1.165, 1.54) is 12.1 Å². The Morgan fingerprint density at radius 1 is 1.15 bits per heavy atom. The van der Waals surface area contributed by atoms with Gasteiger partial charge in [-0.15, -0.1) is 0 Å². The molecule has 9 heteroatoms. The smallest absolute Gasteiger partial charge is 0.276 e. The van der Waals surface area contributed by atoms with Gasteiger partial charge in [0.2, 0.25) is 5.91 Å². The summed E-state index contributed by atoms with van der Waals surface area (Å²) in [6.45, 7) is 5.43. The lowest BCUT2D eigenvalue weighted by molar-refractivity contribution is -0.139. The van der Waals surface area contributed by atoms with Crippen molar-refractivity contribution in [3.63, 3.8) is 0 Å². The highest BCUT2D eigenvalue weighted by atomic mass is 19.1. The summed E-state index contributed by atoms with van der Waals surface area (Å²) in [5, 5.41) is 3.97. The van der Waals surface area contributed by atoms with Crippen molar-refractivity contribution in [1.82, 2.24) is 15.0 Å². The van der Waals surface area contributed by atoms with E-state index in [-0.39, 0.29) is 30.7 Å². The lowest BCUT2D eigenvalue weighted by Crippen LogP contribution is -2.52. The summed E-state index contributed by atoms with van der Waals surface area (Å²) in [7, 11) is 0. The molecule has 2 aromatic rings. The molecule has 0 spiro atoms. The maximum absolute atomic E-state index is 13.3. The highest BCUT2D eigenvalue weighted by Crippen LogP contribution is 2.36. The molecule has 2 aliphatic rings. The molecule has 3 heterocycles. The number of ether oxygens (including phenoxy) is 2. The van der Waals surface area contributed by atoms with Crippen molar-refractivity contribution in [2.24, 2.45) is 5.41 Å². The Balaban J connectivity index is 1.50. The minimum Gasteiger partial charge on any atom is -0.493 e. The van der Waals surface area contributed by atoms with E-state index in [0.29, 0.717) is 56.6 Å². The summed E-state index contributed by atoms with van der Waals surface area (Å²) in [4.78, 5) is 30.0. The first-order chi connectivity index (χ1) is 16.5. The van der Waals surface area contributed by atoms with Gasteiger partial charge in [-0.05, 0) is 43.5 Å². The van der Waals surface area contributed by atoms with Crippen molar-refractivity contribution >= 4 is 11.8 Å². The zero-order valence-corrected chi connectivity index (χ0v) is 19.6. The van der Waals surface area contributed by atoms with E-state index < -0.39 is 5.41 Å². The summed E-state index contributed by atoms with van der Waals surface area (Å²) in [5.74, 6) is 0.719. The number of likely N-dealkylation sites (tertiary alicyclic amines) is 1. The number of nitrogens with zero attached hydrogens (tertiary/aromatic N) is 3. The number of aryl methyl sites for hydroxylation is 1. The van der Waals surface area contributed by atoms with Crippen molar-refractivity contribution in [2.75, 3.05) is 46.0 Å². The number of rotatable bonds is 8. The summed E-state index contributed by atoms with van der Waals surface area (Å²) >= 11 is 0. The highest BCUT2D eigenvalue weighted by Gasteiger charge is 2.41. The van der Waals surface area contributed by atoms with Crippen LogP contribution in [0.5, 0.6) is 5.75 Å². The van der Waals surface area contributed by atoms with Crippen LogP contribution in [0.4, 0.5) is 4.39 Å². The largest absolute Gasteiger partial charge is 0.493 e. The summed E-state index contributed by atoms with van der Waals surface area (Å²) in [6.07, 6.45) is 3.38. The second-order valence-electron chi connectivity index (χ2n) is 9.17. The van der Waals surface area contributed by atoms with Gasteiger partial charge in [0.15, 0.2) is 5.69 Å². The van der Waals surface area contributed by atoms with Crippen molar-refractivity contribution in [1.29, 1.82) is 0 Å². The Morgan fingerprint density at radius 3 is 2.65 bits per heavy atom. The fourth-order valence-electron chi connectivity index (χ4n) is 4.65. The monoisotopic (exact) mass is 473 g/mol. The molecule has 0 unspecified atom stereocenters. The zero-order valence-electron chi connectivity index (χ0n) is 19.6. The minimum absolute atomic E-state index is 0.0342. The molecule has 4 rings (SSSR count). The van der Waals surface area contributed by atoms with Crippen LogP contribution in [-0.4, -0.2) is 72.8 Å². The van der Waals surface area contributed by atoms with E-state index in [9.17, 15) is 14.0 Å². The van der Waals surface area contributed by atoms with Crippen LogP contribution in [0.1, 0.15) is 48.9 Å². The lowest BCUT2D eigenvalue weighted by atomic mass is 9.77. The Kier molecular flexibility index (Phi) is 7.82. The van der Waals surface area contributed by atoms with Crippen LogP contribution in [0, 0.1) is 11.2 Å². The SMILES string of the molecule is CCCc1cc(C(=O)N2CCC[C@@](COc3ccc(F)cc3)(CC(=O)N3CCOCC3)C2)no1. The average molecular weight is 474 g/mol. The molecular formula is C25H32FN3O5. The van der Waals surface area contributed by atoms with Crippen LogP contribution >= 0.6 is 0 Å². The number of hydrogen-bond acceptors (Lipinski definition) is 6. The fraction of sp³-hybridized carbons (Fsp3) is 0.560. The lowest BCUT2D eigenvalue weighted by Gasteiger charge is -2.43. The van der Waals surface area contributed by atoms with Gasteiger partial charge in [-0.2, -0.15) is 0 Å². The van der Waals surface area contributed by atoms with E-state index in [2.05, 4.69) is 5.16 Å². The van der Waals surface area contributed by atoms with Crippen LogP contribution in [0.2, 0.25) is 0 Å². The predicted molar refractivity (Wildman–Crippen MR) is 122 cm³/mol. The number of benzene rings is 1. The molecule has 1 aromatic heterocycles. The highest BCUT2D eigenvalue weighted by molar-refractivity contribution is 5.92. The van der Waals surface area contributed by atoms with Crippen molar-refractivity contribution in [3.8, 4) is 5.75 Å². The number of amides is 2. The molecule has 1 atom stereocenters. The Morgan fingerprint density at radius 2 is 1.91 bits per heavy atom. The van der Waals surface area contributed by atoms with Gasteiger partial charge in [0, 0.05) is 50.5 Å². The number of hydrogen-bond donors (Lipinski definition) is 0. The third-order valence-corrected chi connectivity index (χ3v) is 6.47. The van der Waals surface area contributed by atoms with Crippen LogP contribution in [-0.2, 0) is 16.0 Å². The summed E-state index contributed by atoms with van der Waals surface area (Å²) < 4.78 is 30.0. The summed E-state index contributed by atoms with van der Waals surface area (Å²) in [5.41, 5.74) is -0.272. The average Bonchev–Trinajstić information content (AvgIpc) is 3.33. The van der Waals surface area contributed by atoms with Crippen LogP contribution in [0.15, 0.2) is 34.9 Å². The van der Waals surface area contributed by atoms with Gasteiger partial charge < -0.3 is 23.8 Å². The van der Waals surface area contributed by atoms with Gasteiger partial charge in [0.1, 0.15) is 17.3 Å². The molecule has 0 radical (unpaired) electrons. The van der Waals surface area contributed by atoms with Crippen molar-refractivity contribution in [3.05, 3.63) is 47.6 Å². The predicted octanol–water partition coefficient (Wildman–Crippen LogP) is 3.32. The normalized spacial score (nSPS) is 20.9. The Hall–Kier alpha value is -2.94. The maximum atomic E-state index is 13.3. The first-order valence-corrected chi connectivity index (χ1v) is 12.0. The number of halogens is 1. The van der Waals surface area contributed by atoms with E-state index >= 15 is 0 Å². The van der Waals surface area contributed by atoms with Gasteiger partial charge in [-0.1, -0.05) is 12.1 Å². The van der Waals surface area contributed by atoms with Gasteiger partial charge in [0.25, 0.3) is 5.91 Å². The van der Waals surface area contributed by atoms with E-state index in [1.807, 2.05) is 11.8 Å². The maximum Gasteiger partial charge on any atom is 0.276 e. The molecule has 0 aliphatic carbocycles. The van der Waals surface area contributed by atoms with Gasteiger partial charge in [-0.25, -0.2) is 4.39 Å². The second-order valence-corrected chi connectivity index (χ2v) is 9.17. The number of carbonyl (C=O) groups is 2. The van der Waals surface area contributed by atoms with Crippen molar-refractivity contribution in [2.45, 2.75) is 39.0 Å². The molecule has 0 N–H and O–H groups in total. The van der Waals surface area contributed by atoms with Gasteiger partial charge in [0.05, 0.1) is 19.8 Å². The Bertz CT molecular complexity index is 973. The number of piperidine rings is 1. The number of morpholine rings is 1. The number of carbonyl (C=O) groups excluding carboxylic acids is 2. The third-order valence-electron chi connectivity index (χ3n) is 6.47. The molecular weight excluding hydrogens is 441 g/mol. The standard InChI is InChI=1S/C25H32FN3O5/c1-2-4-21-15-22(27-34-21)24(31)29-10-3-9-25(17-29,16-23(30)28-11-13-32-14-12-28)18-33-20-7-5-19(26)6-8-20/h5-8,15H,2-4,9-14,16-18H2,1H3/t25-/m1/s1. The molecule has 8 nitrogen and oxygen atoms in total. The molecule has 0 saturated carbocycles. The van der Waals surface area contributed by atoms with Crippen LogP contribution < -0.4 is 4.74 Å². The van der Waals surface area contributed by atoms with E-state index in [0.717, 1.165) is 25.7 Å². The first kappa shape index (κ1) is 24.2. The quantitative estimate of drug-likeness (QED) is 0.585. The molecule has 2 amide bonds. The van der Waals surface area contributed by atoms with Gasteiger partial charge in [-0.3, -0.25) is 9.59 Å². The zero-order chi connectivity index (χ0) is 24.0. The van der Waals surface area contributed by atoms with Crippen LogP contribution in [0.25, 0.3) is 0 Å². The molecule has 184 valence electrons. The molecule has 1 aromatic carbocycles. The molecule has 0 bridgehead atoms. The molecule has 34 heavy (non-hydrogen) atoms. The Labute approximate surface area is 199 Å². The first-order valence-electron chi connectivity index (χ1n) is 12.0. The summed E-state index contributed by atoms with van der Waals surface area (Å²) in [6, 6.07) is 7.54. The number of aromatic nitrogens is 1. The third kappa shape index (κ3) is 5.94. The van der Waals surface area contributed by atoms with E-state index in [1.54, 1.807) is 23.1 Å². The molecule has 2 saturated heterocycles. The van der Waals surface area contributed by atoms with Crippen LogP contribution in [0.3, 0.4) is 0 Å². The topological polar surface area (TPSA) is 85.1 Å². The molecule has 2 fully saturated rings. The van der Waals surface area contributed by atoms with Gasteiger partial charge >= 0.3 is 0 Å². The minimum atomic E-state index is -0.562. The van der Waals surface area contributed by atoms with Crippen molar-refractivity contribution < 1.29 is 28.0 Å². The fourth-order valence-corrected chi connectivity index (χ4v) is 4.65. The second kappa shape index (κ2) is 11.0. The molecule has 2 aliphatic heterocycles. The van der Waals surface area contributed by atoms with E-state index in [4.69, 9.17) is 14.0 Å².